The lowest BCUT2D eigenvalue weighted by atomic mass is 9.98. The third kappa shape index (κ3) is 2.78. The van der Waals surface area contributed by atoms with Gasteiger partial charge in [-0.25, -0.2) is 4.98 Å². The molecule has 2 heterocycles. The van der Waals surface area contributed by atoms with Crippen LogP contribution in [0, 0.1) is 10.1 Å². The van der Waals surface area contributed by atoms with Crippen molar-refractivity contribution < 1.29 is 9.34 Å². The molecular weight excluding hydrogens is 318 g/mol. The minimum absolute atomic E-state index is 0.0641. The van der Waals surface area contributed by atoms with Crippen LogP contribution < -0.4 is 0 Å². The molecule has 0 aliphatic heterocycles. The normalized spacial score (nSPS) is 11.1. The number of nitro groups is 1. The molecule has 6 heteroatoms. The lowest BCUT2D eigenvalue weighted by Gasteiger charge is -2.08. The third-order valence-electron chi connectivity index (χ3n) is 4.28. The van der Waals surface area contributed by atoms with Crippen LogP contribution in [0.15, 0.2) is 65.7 Å². The maximum Gasteiger partial charge on any atom is 0.270 e. The summed E-state index contributed by atoms with van der Waals surface area (Å²) in [6, 6.07) is 12.6. The predicted octanol–water partition coefficient (Wildman–Crippen LogP) is 4.33. The molecular formula is C19H15N3O3. The van der Waals surface area contributed by atoms with Crippen LogP contribution in [-0.2, 0) is 13.5 Å². The highest BCUT2D eigenvalue weighted by Crippen LogP contribution is 2.33. The SMILES string of the molecule is Cn1cncc1Cc1cc(-c2cccc([N+](=O)[O-])c2)c2occc2c1. The van der Waals surface area contributed by atoms with E-state index >= 15 is 0 Å². The second-order valence-electron chi connectivity index (χ2n) is 5.96. The van der Waals surface area contributed by atoms with Crippen molar-refractivity contribution in [2.75, 3.05) is 0 Å². The molecule has 25 heavy (non-hydrogen) atoms. The second kappa shape index (κ2) is 5.90. The molecule has 0 amide bonds. The summed E-state index contributed by atoms with van der Waals surface area (Å²) < 4.78 is 7.61. The molecule has 0 unspecified atom stereocenters. The van der Waals surface area contributed by atoms with E-state index in [4.69, 9.17) is 4.42 Å². The zero-order valence-electron chi connectivity index (χ0n) is 13.5. The van der Waals surface area contributed by atoms with Crippen LogP contribution in [0.25, 0.3) is 22.1 Å². The van der Waals surface area contributed by atoms with Crippen LogP contribution in [0.2, 0.25) is 0 Å². The Kier molecular flexibility index (Phi) is 3.57. The molecule has 6 nitrogen and oxygen atoms in total. The number of aryl methyl sites for hydroxylation is 1. The Morgan fingerprint density at radius 3 is 2.88 bits per heavy atom. The molecule has 2 aromatic heterocycles. The Labute approximate surface area is 143 Å². The van der Waals surface area contributed by atoms with E-state index in [9.17, 15) is 10.1 Å². The minimum Gasteiger partial charge on any atom is -0.464 e. The highest BCUT2D eigenvalue weighted by molar-refractivity contribution is 5.93. The zero-order chi connectivity index (χ0) is 17.4. The topological polar surface area (TPSA) is 74.1 Å². The first-order valence-electron chi connectivity index (χ1n) is 7.82. The number of aromatic nitrogens is 2. The molecule has 2 aromatic carbocycles. The minimum atomic E-state index is -0.387. The number of furan rings is 1. The van der Waals surface area contributed by atoms with Crippen molar-refractivity contribution >= 4 is 16.7 Å². The summed E-state index contributed by atoms with van der Waals surface area (Å²) in [6.45, 7) is 0. The Bertz CT molecular complexity index is 1080. The molecule has 0 bridgehead atoms. The Morgan fingerprint density at radius 1 is 1.24 bits per heavy atom. The van der Waals surface area contributed by atoms with Crippen LogP contribution in [-0.4, -0.2) is 14.5 Å². The highest BCUT2D eigenvalue weighted by atomic mass is 16.6. The molecule has 0 radical (unpaired) electrons. The standard InChI is InChI=1S/C19H15N3O3/c1-21-12-20-11-17(21)8-13-7-15-5-6-25-19(15)18(9-13)14-3-2-4-16(10-14)22(23)24/h2-7,9-12H,8H2,1H3. The third-order valence-corrected chi connectivity index (χ3v) is 4.28. The molecule has 0 atom stereocenters. The van der Waals surface area contributed by atoms with Gasteiger partial charge in [0, 0.05) is 48.4 Å². The maximum absolute atomic E-state index is 11.1. The average Bonchev–Trinajstić information content (AvgIpc) is 3.23. The van der Waals surface area contributed by atoms with Crippen LogP contribution in [0.5, 0.6) is 0 Å². The number of fused-ring (bicyclic) bond motifs is 1. The van der Waals surface area contributed by atoms with Gasteiger partial charge in [-0.1, -0.05) is 12.1 Å². The molecule has 4 rings (SSSR count). The van der Waals surface area contributed by atoms with Gasteiger partial charge in [-0.3, -0.25) is 10.1 Å². The van der Waals surface area contributed by atoms with Crippen LogP contribution in [0.4, 0.5) is 5.69 Å². The Balaban J connectivity index is 1.85. The van der Waals surface area contributed by atoms with Gasteiger partial charge in [-0.2, -0.15) is 0 Å². The molecule has 0 N–H and O–H groups in total. The van der Waals surface area contributed by atoms with Gasteiger partial charge in [0.25, 0.3) is 5.69 Å². The number of benzene rings is 2. The highest BCUT2D eigenvalue weighted by Gasteiger charge is 2.13. The number of nitrogens with zero attached hydrogens (tertiary/aromatic N) is 3. The summed E-state index contributed by atoms with van der Waals surface area (Å²) in [5.74, 6) is 0. The summed E-state index contributed by atoms with van der Waals surface area (Å²) in [5.41, 5.74) is 4.60. The Hall–Kier alpha value is -3.41. The molecule has 4 aromatic rings. The first-order valence-corrected chi connectivity index (χ1v) is 7.82. The van der Waals surface area contributed by atoms with E-state index in [2.05, 4.69) is 11.1 Å². The van der Waals surface area contributed by atoms with E-state index in [1.807, 2.05) is 36.0 Å². The number of imidazole rings is 1. The maximum atomic E-state index is 11.1. The summed E-state index contributed by atoms with van der Waals surface area (Å²) in [4.78, 5) is 14.9. The van der Waals surface area contributed by atoms with E-state index in [1.54, 1.807) is 24.7 Å². The summed E-state index contributed by atoms with van der Waals surface area (Å²) in [7, 11) is 1.96. The van der Waals surface area contributed by atoms with E-state index in [-0.39, 0.29) is 10.6 Å². The fourth-order valence-electron chi connectivity index (χ4n) is 3.01. The molecule has 124 valence electrons. The van der Waals surface area contributed by atoms with Crippen molar-refractivity contribution in [2.24, 2.45) is 7.05 Å². The molecule has 0 spiro atoms. The van der Waals surface area contributed by atoms with Gasteiger partial charge < -0.3 is 8.98 Å². The monoisotopic (exact) mass is 333 g/mol. The average molecular weight is 333 g/mol. The van der Waals surface area contributed by atoms with Gasteiger partial charge in [0.2, 0.25) is 0 Å². The van der Waals surface area contributed by atoms with Crippen molar-refractivity contribution in [1.29, 1.82) is 0 Å². The van der Waals surface area contributed by atoms with Crippen molar-refractivity contribution in [1.82, 2.24) is 9.55 Å². The molecule has 0 aliphatic rings. The van der Waals surface area contributed by atoms with E-state index in [0.717, 1.165) is 39.8 Å². The molecule has 0 saturated heterocycles. The van der Waals surface area contributed by atoms with Crippen molar-refractivity contribution in [3.8, 4) is 11.1 Å². The van der Waals surface area contributed by atoms with Crippen molar-refractivity contribution in [3.05, 3.63) is 82.6 Å². The zero-order valence-corrected chi connectivity index (χ0v) is 13.5. The largest absolute Gasteiger partial charge is 0.464 e. The lowest BCUT2D eigenvalue weighted by molar-refractivity contribution is -0.384. The summed E-state index contributed by atoms with van der Waals surface area (Å²) in [5, 5.41) is 12.1. The molecule has 0 fully saturated rings. The number of rotatable bonds is 4. The predicted molar refractivity (Wildman–Crippen MR) is 94.3 cm³/mol. The summed E-state index contributed by atoms with van der Waals surface area (Å²) >= 11 is 0. The van der Waals surface area contributed by atoms with E-state index < -0.39 is 0 Å². The second-order valence-corrected chi connectivity index (χ2v) is 5.96. The first-order chi connectivity index (χ1) is 12.1. The van der Waals surface area contributed by atoms with Gasteiger partial charge in [-0.05, 0) is 29.3 Å². The van der Waals surface area contributed by atoms with Gasteiger partial charge in [0.05, 0.1) is 17.5 Å². The van der Waals surface area contributed by atoms with E-state index in [0.29, 0.717) is 0 Å². The molecule has 0 aliphatic carbocycles. The van der Waals surface area contributed by atoms with Gasteiger partial charge in [0.15, 0.2) is 0 Å². The number of hydrogen-bond acceptors (Lipinski definition) is 4. The van der Waals surface area contributed by atoms with Gasteiger partial charge in [-0.15, -0.1) is 0 Å². The van der Waals surface area contributed by atoms with Crippen LogP contribution in [0.3, 0.4) is 0 Å². The lowest BCUT2D eigenvalue weighted by Crippen LogP contribution is -1.97. The van der Waals surface area contributed by atoms with E-state index in [1.165, 1.54) is 6.07 Å². The number of non-ortho nitro benzene ring substituents is 1. The van der Waals surface area contributed by atoms with Gasteiger partial charge >= 0.3 is 0 Å². The summed E-state index contributed by atoms with van der Waals surface area (Å²) in [6.07, 6.45) is 5.97. The quantitative estimate of drug-likeness (QED) is 0.411. The van der Waals surface area contributed by atoms with Crippen LogP contribution in [0.1, 0.15) is 11.3 Å². The number of hydrogen-bond donors (Lipinski definition) is 0. The Morgan fingerprint density at radius 2 is 2.12 bits per heavy atom. The van der Waals surface area contributed by atoms with Crippen molar-refractivity contribution in [3.63, 3.8) is 0 Å². The number of nitro benzene ring substituents is 1. The smallest absolute Gasteiger partial charge is 0.270 e. The fourth-order valence-corrected chi connectivity index (χ4v) is 3.01. The molecule has 0 saturated carbocycles. The fraction of sp³-hybridized carbons (Fsp3) is 0.105. The van der Waals surface area contributed by atoms with Crippen molar-refractivity contribution in [2.45, 2.75) is 6.42 Å². The van der Waals surface area contributed by atoms with Crippen LogP contribution >= 0.6 is 0 Å². The van der Waals surface area contributed by atoms with Gasteiger partial charge in [0.1, 0.15) is 5.58 Å². The first kappa shape index (κ1) is 15.1.